The van der Waals surface area contributed by atoms with Gasteiger partial charge in [0.2, 0.25) is 0 Å². The van der Waals surface area contributed by atoms with Crippen molar-refractivity contribution in [2.24, 2.45) is 0 Å². The van der Waals surface area contributed by atoms with Crippen molar-refractivity contribution >= 4 is 48.2 Å². The molecule has 28 heavy (non-hydrogen) atoms. The monoisotopic (exact) mass is 420 g/mol. The Kier molecular flexibility index (Phi) is 6.97. The van der Waals surface area contributed by atoms with Gasteiger partial charge in [0.1, 0.15) is 15.9 Å². The summed E-state index contributed by atoms with van der Waals surface area (Å²) in [5.41, 5.74) is 3.21. The third-order valence-corrected chi connectivity index (χ3v) is 10.1. The van der Waals surface area contributed by atoms with Gasteiger partial charge in [-0.15, -0.1) is 12.4 Å². The quantitative estimate of drug-likeness (QED) is 0.300. The first kappa shape index (κ1) is 20.7. The lowest BCUT2D eigenvalue weighted by molar-refractivity contribution is 1.64. The molecule has 0 spiro atoms. The molecule has 0 aliphatic rings. The lowest BCUT2D eigenvalue weighted by Crippen LogP contribution is -2.33. The molecule has 0 unspecified atom stereocenters. The fraction of sp³-hybridized carbons (Fsp3) is 0.0400. The molecule has 0 aliphatic carbocycles. The first-order valence-electron chi connectivity index (χ1n) is 9.09. The van der Waals surface area contributed by atoms with E-state index in [4.69, 9.17) is 12.6 Å². The summed E-state index contributed by atoms with van der Waals surface area (Å²) < 4.78 is 0. The zero-order chi connectivity index (χ0) is 18.5. The van der Waals surface area contributed by atoms with Crippen molar-refractivity contribution in [1.82, 2.24) is 0 Å². The first-order chi connectivity index (χ1) is 13.4. The van der Waals surface area contributed by atoms with Gasteiger partial charge in [0.05, 0.1) is 7.26 Å². The molecule has 4 aromatic rings. The summed E-state index contributed by atoms with van der Waals surface area (Å²) in [5.74, 6) is 0. The van der Waals surface area contributed by atoms with Crippen LogP contribution in [0.3, 0.4) is 0 Å². The molecule has 3 heteroatoms. The molecule has 0 aliphatic heterocycles. The molecule has 0 amide bonds. The normalized spacial score (nSPS) is 10.9. The SMILES string of the molecule is Cl.[S-]C[P+](c1ccccc1)(c1ccccc1)c1ccccc1-c1ccccc1. The molecule has 0 fully saturated rings. The minimum absolute atomic E-state index is 0. The molecule has 4 aromatic carbocycles. The van der Waals surface area contributed by atoms with Crippen LogP contribution in [0, 0.1) is 0 Å². The van der Waals surface area contributed by atoms with Crippen molar-refractivity contribution in [2.75, 3.05) is 5.49 Å². The van der Waals surface area contributed by atoms with Crippen LogP contribution >= 0.6 is 19.7 Å². The van der Waals surface area contributed by atoms with Crippen molar-refractivity contribution in [3.05, 3.63) is 115 Å². The number of halogens is 1. The summed E-state index contributed by atoms with van der Waals surface area (Å²) >= 11 is 5.89. The van der Waals surface area contributed by atoms with Crippen LogP contribution in [0.15, 0.2) is 115 Å². The van der Waals surface area contributed by atoms with E-state index in [9.17, 15) is 0 Å². The van der Waals surface area contributed by atoms with E-state index in [0.717, 1.165) is 0 Å². The fourth-order valence-corrected chi connectivity index (χ4v) is 8.60. The maximum atomic E-state index is 5.89. The van der Waals surface area contributed by atoms with Crippen LogP contribution in [0.5, 0.6) is 0 Å². The third kappa shape index (κ3) is 3.76. The van der Waals surface area contributed by atoms with E-state index in [2.05, 4.69) is 115 Å². The van der Waals surface area contributed by atoms with Gasteiger partial charge < -0.3 is 12.6 Å². The fourth-order valence-electron chi connectivity index (χ4n) is 3.68. The molecule has 0 aromatic heterocycles. The summed E-state index contributed by atoms with van der Waals surface area (Å²) in [7, 11) is -1.92. The predicted molar refractivity (Wildman–Crippen MR) is 130 cm³/mol. The minimum Gasteiger partial charge on any atom is -0.750 e. The molecule has 0 saturated heterocycles. The highest BCUT2D eigenvalue weighted by molar-refractivity contribution is 8.01. The summed E-state index contributed by atoms with van der Waals surface area (Å²) in [6.07, 6.45) is 0. The molecule has 0 heterocycles. The average molecular weight is 421 g/mol. The van der Waals surface area contributed by atoms with E-state index in [1.807, 2.05) is 0 Å². The van der Waals surface area contributed by atoms with Crippen molar-refractivity contribution in [2.45, 2.75) is 0 Å². The molecule has 0 bridgehead atoms. The van der Waals surface area contributed by atoms with Crippen LogP contribution in [-0.4, -0.2) is 5.49 Å². The van der Waals surface area contributed by atoms with Crippen molar-refractivity contribution in [3.63, 3.8) is 0 Å². The van der Waals surface area contributed by atoms with E-state index in [0.29, 0.717) is 5.49 Å². The third-order valence-electron chi connectivity index (χ3n) is 4.99. The largest absolute Gasteiger partial charge is 0.750 e. The Bertz CT molecular complexity index is 965. The predicted octanol–water partition coefficient (Wildman–Crippen LogP) is 5.57. The second kappa shape index (κ2) is 9.43. The van der Waals surface area contributed by atoms with Gasteiger partial charge in [0, 0.05) is 5.56 Å². The van der Waals surface area contributed by atoms with E-state index < -0.39 is 7.26 Å². The molecular formula is C25H22ClPS. The van der Waals surface area contributed by atoms with Crippen molar-refractivity contribution in [3.8, 4) is 11.1 Å². The van der Waals surface area contributed by atoms with Crippen molar-refractivity contribution in [1.29, 1.82) is 0 Å². The van der Waals surface area contributed by atoms with Gasteiger partial charge in [-0.3, -0.25) is 0 Å². The Balaban J connectivity index is 0.00000225. The summed E-state index contributed by atoms with van der Waals surface area (Å²) in [6, 6.07) is 41.1. The van der Waals surface area contributed by atoms with E-state index >= 15 is 0 Å². The number of hydrogen-bond acceptors (Lipinski definition) is 1. The zero-order valence-corrected chi connectivity index (χ0v) is 18.0. The summed E-state index contributed by atoms with van der Waals surface area (Å²) in [4.78, 5) is 0. The second-order valence-corrected chi connectivity index (χ2v) is 10.7. The van der Waals surface area contributed by atoms with E-state index in [1.54, 1.807) is 0 Å². The lowest BCUT2D eigenvalue weighted by Gasteiger charge is -2.32. The molecule has 0 N–H and O–H groups in total. The number of rotatable bonds is 5. The Labute approximate surface area is 179 Å². The number of benzene rings is 4. The maximum absolute atomic E-state index is 5.89. The van der Waals surface area contributed by atoms with Crippen LogP contribution in [0.4, 0.5) is 0 Å². The molecule has 0 atom stereocenters. The van der Waals surface area contributed by atoms with Crippen molar-refractivity contribution < 1.29 is 0 Å². The average Bonchev–Trinajstić information content (AvgIpc) is 2.77. The Morgan fingerprint density at radius 3 is 1.46 bits per heavy atom. The minimum atomic E-state index is -1.92. The van der Waals surface area contributed by atoms with Crippen LogP contribution < -0.4 is 15.9 Å². The molecular weight excluding hydrogens is 399 g/mol. The standard InChI is InChI=1S/C25H21PS.ClH/c27-20-26(22-14-6-2-7-15-22,23-16-8-3-9-17-23)25-19-11-10-18-24(25)21-12-4-1-5-13-21;/h1-19H,20H2;1H. The van der Waals surface area contributed by atoms with E-state index in [-0.39, 0.29) is 12.4 Å². The maximum Gasteiger partial charge on any atom is 0.110 e. The highest BCUT2D eigenvalue weighted by Gasteiger charge is 2.42. The van der Waals surface area contributed by atoms with Gasteiger partial charge in [-0.05, 0) is 41.4 Å². The Morgan fingerprint density at radius 2 is 0.964 bits per heavy atom. The van der Waals surface area contributed by atoms with Gasteiger partial charge in [-0.1, -0.05) is 84.9 Å². The molecule has 0 nitrogen and oxygen atoms in total. The van der Waals surface area contributed by atoms with Gasteiger partial charge in [0.15, 0.2) is 0 Å². The molecule has 140 valence electrons. The lowest BCUT2D eigenvalue weighted by atomic mass is 10.1. The van der Waals surface area contributed by atoms with Gasteiger partial charge in [-0.25, -0.2) is 0 Å². The first-order valence-corrected chi connectivity index (χ1v) is 11.6. The highest BCUT2D eigenvalue weighted by Crippen LogP contribution is 2.56. The molecule has 4 rings (SSSR count). The van der Waals surface area contributed by atoms with Gasteiger partial charge >= 0.3 is 0 Å². The zero-order valence-electron chi connectivity index (χ0n) is 15.4. The topological polar surface area (TPSA) is 0 Å². The van der Waals surface area contributed by atoms with Gasteiger partial charge in [0.25, 0.3) is 0 Å². The molecule has 0 radical (unpaired) electrons. The highest BCUT2D eigenvalue weighted by atomic mass is 35.5. The van der Waals surface area contributed by atoms with Gasteiger partial charge in [-0.2, -0.15) is 0 Å². The molecule has 0 saturated carbocycles. The van der Waals surface area contributed by atoms with Crippen LogP contribution in [0.2, 0.25) is 0 Å². The smallest absolute Gasteiger partial charge is 0.110 e. The second-order valence-electron chi connectivity index (χ2n) is 6.49. The Morgan fingerprint density at radius 1 is 0.536 bits per heavy atom. The summed E-state index contributed by atoms with van der Waals surface area (Å²) in [6.45, 7) is 0. The van der Waals surface area contributed by atoms with Crippen LogP contribution in [0.1, 0.15) is 0 Å². The van der Waals surface area contributed by atoms with Crippen LogP contribution in [-0.2, 0) is 12.6 Å². The van der Waals surface area contributed by atoms with Crippen LogP contribution in [0.25, 0.3) is 11.1 Å². The Hall–Kier alpha value is -2.05. The summed E-state index contributed by atoms with van der Waals surface area (Å²) in [5, 5.41) is 4.05. The van der Waals surface area contributed by atoms with E-state index in [1.165, 1.54) is 27.0 Å². The number of hydrogen-bond donors (Lipinski definition) is 0.